The summed E-state index contributed by atoms with van der Waals surface area (Å²) in [6.45, 7) is 2.38. The van der Waals surface area contributed by atoms with Crippen molar-refractivity contribution in [2.24, 2.45) is 0 Å². The number of hydrogen-bond donors (Lipinski definition) is 1. The zero-order valence-electron chi connectivity index (χ0n) is 11.4. The van der Waals surface area contributed by atoms with Crippen molar-refractivity contribution in [2.45, 2.75) is 32.2 Å². The topological polar surface area (TPSA) is 55.1 Å². The number of aromatic nitrogens is 2. The molecule has 1 aliphatic rings. The molecule has 1 heterocycles. The first kappa shape index (κ1) is 14.4. The maximum atomic E-state index is 12.7. The van der Waals surface area contributed by atoms with Crippen LogP contribution in [0.2, 0.25) is 10.0 Å². The second-order valence-corrected chi connectivity index (χ2v) is 5.97. The third kappa shape index (κ3) is 2.54. The SMILES string of the molecule is CCn1nc(C2CC2)c(C(=O)c2ccc(Cl)cc2Cl)c1O. The van der Waals surface area contributed by atoms with Gasteiger partial charge in [0, 0.05) is 23.0 Å². The first-order chi connectivity index (χ1) is 10.0. The highest BCUT2D eigenvalue weighted by Crippen LogP contribution is 2.44. The summed E-state index contributed by atoms with van der Waals surface area (Å²) in [6.07, 6.45) is 1.99. The average molecular weight is 325 g/mol. The van der Waals surface area contributed by atoms with Gasteiger partial charge in [0.25, 0.3) is 0 Å². The van der Waals surface area contributed by atoms with Gasteiger partial charge in [0.15, 0.2) is 0 Å². The van der Waals surface area contributed by atoms with E-state index in [4.69, 9.17) is 23.2 Å². The van der Waals surface area contributed by atoms with Gasteiger partial charge in [-0.25, -0.2) is 4.68 Å². The highest BCUT2D eigenvalue weighted by atomic mass is 35.5. The molecule has 0 bridgehead atoms. The summed E-state index contributed by atoms with van der Waals surface area (Å²) in [5, 5.41) is 15.4. The predicted molar refractivity (Wildman–Crippen MR) is 81.4 cm³/mol. The Bertz CT molecular complexity index is 721. The monoisotopic (exact) mass is 324 g/mol. The molecule has 2 aromatic rings. The Labute approximate surface area is 132 Å². The van der Waals surface area contributed by atoms with Gasteiger partial charge < -0.3 is 5.11 Å². The lowest BCUT2D eigenvalue weighted by atomic mass is 10.0. The Balaban J connectivity index is 2.10. The van der Waals surface area contributed by atoms with Crippen LogP contribution in [0, 0.1) is 0 Å². The molecule has 0 unspecified atom stereocenters. The summed E-state index contributed by atoms with van der Waals surface area (Å²) >= 11 is 12.0. The zero-order chi connectivity index (χ0) is 15.1. The number of nitrogens with zero attached hydrogens (tertiary/aromatic N) is 2. The van der Waals surface area contributed by atoms with Crippen LogP contribution >= 0.6 is 23.2 Å². The van der Waals surface area contributed by atoms with Gasteiger partial charge >= 0.3 is 0 Å². The van der Waals surface area contributed by atoms with Crippen LogP contribution in [0.25, 0.3) is 0 Å². The number of halogens is 2. The molecule has 1 N–H and O–H groups in total. The largest absolute Gasteiger partial charge is 0.493 e. The van der Waals surface area contributed by atoms with Crippen LogP contribution in [0.5, 0.6) is 5.88 Å². The minimum atomic E-state index is -0.309. The van der Waals surface area contributed by atoms with E-state index in [0.29, 0.717) is 22.8 Å². The molecule has 0 amide bonds. The quantitative estimate of drug-likeness (QED) is 0.864. The standard InChI is InChI=1S/C15H14Cl2N2O2/c1-2-19-15(21)12(13(18-19)8-3-4-8)14(20)10-6-5-9(16)7-11(10)17/h5-8,21H,2-4H2,1H3. The number of aryl methyl sites for hydroxylation is 1. The van der Waals surface area contributed by atoms with E-state index in [-0.39, 0.29) is 28.2 Å². The maximum absolute atomic E-state index is 12.7. The van der Waals surface area contributed by atoms with E-state index in [9.17, 15) is 9.90 Å². The summed E-state index contributed by atoms with van der Waals surface area (Å²) < 4.78 is 1.45. The van der Waals surface area contributed by atoms with E-state index in [1.54, 1.807) is 12.1 Å². The summed E-state index contributed by atoms with van der Waals surface area (Å²) in [6, 6.07) is 4.71. The van der Waals surface area contributed by atoms with Gasteiger partial charge in [-0.3, -0.25) is 4.79 Å². The van der Waals surface area contributed by atoms with Crippen LogP contribution in [-0.2, 0) is 6.54 Å². The van der Waals surface area contributed by atoms with Crippen LogP contribution in [0.4, 0.5) is 0 Å². The molecule has 110 valence electrons. The number of benzene rings is 1. The predicted octanol–water partition coefficient (Wildman–Crippen LogP) is 4.02. The number of aromatic hydroxyl groups is 1. The Morgan fingerprint density at radius 1 is 1.43 bits per heavy atom. The molecule has 1 saturated carbocycles. The number of rotatable bonds is 4. The van der Waals surface area contributed by atoms with E-state index in [2.05, 4.69) is 5.10 Å². The Hall–Kier alpha value is -1.52. The van der Waals surface area contributed by atoms with Crippen molar-refractivity contribution < 1.29 is 9.90 Å². The first-order valence-corrected chi connectivity index (χ1v) is 7.58. The third-order valence-electron chi connectivity index (χ3n) is 3.62. The third-order valence-corrected chi connectivity index (χ3v) is 4.17. The van der Waals surface area contributed by atoms with Crippen LogP contribution < -0.4 is 0 Å². The van der Waals surface area contributed by atoms with Gasteiger partial charge in [0.2, 0.25) is 11.7 Å². The van der Waals surface area contributed by atoms with Crippen LogP contribution in [-0.4, -0.2) is 20.7 Å². The Kier molecular flexibility index (Phi) is 3.68. The fraction of sp³-hybridized carbons (Fsp3) is 0.333. The van der Waals surface area contributed by atoms with Crippen LogP contribution in [0.3, 0.4) is 0 Å². The minimum absolute atomic E-state index is 0.0876. The van der Waals surface area contributed by atoms with Crippen molar-refractivity contribution in [3.63, 3.8) is 0 Å². The van der Waals surface area contributed by atoms with Gasteiger partial charge in [-0.1, -0.05) is 23.2 Å². The normalized spacial score (nSPS) is 14.4. The second kappa shape index (κ2) is 5.35. The van der Waals surface area contributed by atoms with Crippen molar-refractivity contribution >= 4 is 29.0 Å². The molecule has 0 spiro atoms. The Morgan fingerprint density at radius 2 is 2.14 bits per heavy atom. The van der Waals surface area contributed by atoms with Gasteiger partial charge in [-0.15, -0.1) is 0 Å². The molecule has 3 rings (SSSR count). The van der Waals surface area contributed by atoms with Crippen molar-refractivity contribution in [3.8, 4) is 5.88 Å². The fourth-order valence-corrected chi connectivity index (χ4v) is 2.85. The number of hydrogen-bond acceptors (Lipinski definition) is 3. The molecule has 4 nitrogen and oxygen atoms in total. The molecule has 1 aliphatic carbocycles. The fourth-order valence-electron chi connectivity index (χ4n) is 2.36. The molecule has 1 fully saturated rings. The van der Waals surface area contributed by atoms with Crippen molar-refractivity contribution in [2.75, 3.05) is 0 Å². The van der Waals surface area contributed by atoms with Crippen LogP contribution in [0.15, 0.2) is 18.2 Å². The molecule has 0 radical (unpaired) electrons. The van der Waals surface area contributed by atoms with Gasteiger partial charge in [-0.2, -0.15) is 5.10 Å². The van der Waals surface area contributed by atoms with E-state index in [1.807, 2.05) is 6.92 Å². The number of carbonyl (C=O) groups excluding carboxylic acids is 1. The van der Waals surface area contributed by atoms with Gasteiger partial charge in [0.05, 0.1) is 10.7 Å². The first-order valence-electron chi connectivity index (χ1n) is 6.82. The van der Waals surface area contributed by atoms with Crippen molar-refractivity contribution in [1.82, 2.24) is 9.78 Å². The highest BCUT2D eigenvalue weighted by molar-refractivity contribution is 6.37. The van der Waals surface area contributed by atoms with Crippen LogP contribution in [0.1, 0.15) is 47.3 Å². The molecule has 0 atom stereocenters. The summed E-state index contributed by atoms with van der Waals surface area (Å²) in [5.74, 6) is -0.139. The molecule has 1 aromatic heterocycles. The van der Waals surface area contributed by atoms with Crippen molar-refractivity contribution in [1.29, 1.82) is 0 Å². The summed E-state index contributed by atoms with van der Waals surface area (Å²) in [7, 11) is 0. The average Bonchev–Trinajstić information content (AvgIpc) is 3.22. The maximum Gasteiger partial charge on any atom is 0.221 e. The van der Waals surface area contributed by atoms with Crippen molar-refractivity contribution in [3.05, 3.63) is 45.1 Å². The highest BCUT2D eigenvalue weighted by Gasteiger charge is 2.35. The van der Waals surface area contributed by atoms with E-state index in [0.717, 1.165) is 12.8 Å². The number of carbonyl (C=O) groups is 1. The lowest BCUT2D eigenvalue weighted by Gasteiger charge is -2.05. The van der Waals surface area contributed by atoms with E-state index < -0.39 is 0 Å². The zero-order valence-corrected chi connectivity index (χ0v) is 12.9. The lowest BCUT2D eigenvalue weighted by Crippen LogP contribution is -2.04. The van der Waals surface area contributed by atoms with E-state index >= 15 is 0 Å². The minimum Gasteiger partial charge on any atom is -0.493 e. The lowest BCUT2D eigenvalue weighted by molar-refractivity contribution is 0.103. The summed E-state index contributed by atoms with van der Waals surface area (Å²) in [4.78, 5) is 12.7. The molecule has 0 saturated heterocycles. The molecule has 21 heavy (non-hydrogen) atoms. The second-order valence-electron chi connectivity index (χ2n) is 5.13. The van der Waals surface area contributed by atoms with E-state index in [1.165, 1.54) is 10.7 Å². The smallest absolute Gasteiger partial charge is 0.221 e. The number of ketones is 1. The van der Waals surface area contributed by atoms with Gasteiger partial charge in [0.1, 0.15) is 5.56 Å². The molecule has 0 aliphatic heterocycles. The van der Waals surface area contributed by atoms with Gasteiger partial charge in [-0.05, 0) is 38.0 Å². The molecular weight excluding hydrogens is 311 g/mol. The molecular formula is C15H14Cl2N2O2. The molecule has 6 heteroatoms. The summed E-state index contributed by atoms with van der Waals surface area (Å²) in [5.41, 5.74) is 1.27. The molecule has 1 aromatic carbocycles. The Morgan fingerprint density at radius 3 is 2.71 bits per heavy atom.